The summed E-state index contributed by atoms with van der Waals surface area (Å²) in [6.07, 6.45) is 4.72. The Hall–Kier alpha value is -1.14. The molecule has 5 nitrogen and oxygen atoms in total. The fourth-order valence-corrected chi connectivity index (χ4v) is 4.51. The summed E-state index contributed by atoms with van der Waals surface area (Å²) < 4.78 is 5.24. The number of nitrogens with one attached hydrogen (secondary N) is 1. The minimum absolute atomic E-state index is 0.513. The zero-order valence-corrected chi connectivity index (χ0v) is 13.6. The molecular weight excluding hydrogens is 282 g/mol. The molecule has 0 radical (unpaired) electrons. The Morgan fingerprint density at radius 3 is 2.71 bits per heavy atom. The molecule has 5 heterocycles. The molecule has 6 heteroatoms. The van der Waals surface area contributed by atoms with Crippen molar-refractivity contribution >= 4 is 23.4 Å². The summed E-state index contributed by atoms with van der Waals surface area (Å²) in [5.74, 6) is 0.769. The van der Waals surface area contributed by atoms with Gasteiger partial charge in [0.05, 0.1) is 11.7 Å². The third kappa shape index (κ3) is 1.99. The highest BCUT2D eigenvalue weighted by atomic mass is 32.1. The zero-order chi connectivity index (χ0) is 14.6. The van der Waals surface area contributed by atoms with Gasteiger partial charge < -0.3 is 9.88 Å². The molecule has 1 N–H and O–H groups in total. The number of H-pyrrole nitrogens is 1. The number of rotatable bonds is 3. The van der Waals surface area contributed by atoms with E-state index in [1.165, 1.54) is 31.6 Å². The first-order valence-electron chi connectivity index (χ1n) is 8.07. The lowest BCUT2D eigenvalue weighted by Gasteiger charge is -2.45. The van der Waals surface area contributed by atoms with Crippen LogP contribution in [0.25, 0.3) is 11.2 Å². The fraction of sp³-hybridized carbons (Fsp3) is 0.733. The Bertz CT molecular complexity index is 716. The molecule has 0 amide bonds. The van der Waals surface area contributed by atoms with Crippen molar-refractivity contribution in [2.45, 2.75) is 38.6 Å². The van der Waals surface area contributed by atoms with Crippen LogP contribution >= 0.6 is 12.2 Å². The molecule has 2 bridgehead atoms. The van der Waals surface area contributed by atoms with Crippen LogP contribution in [0.1, 0.15) is 37.9 Å². The van der Waals surface area contributed by atoms with Crippen molar-refractivity contribution in [3.05, 3.63) is 10.5 Å². The highest BCUT2D eigenvalue weighted by Crippen LogP contribution is 2.37. The van der Waals surface area contributed by atoms with Crippen LogP contribution in [0.3, 0.4) is 0 Å². The van der Waals surface area contributed by atoms with E-state index in [4.69, 9.17) is 17.3 Å². The predicted molar refractivity (Wildman–Crippen MR) is 86.1 cm³/mol. The number of aryl methyl sites for hydroxylation is 2. The third-order valence-electron chi connectivity index (χ3n) is 5.21. The second-order valence-corrected chi connectivity index (χ2v) is 6.91. The number of imidazole rings is 1. The molecule has 0 saturated carbocycles. The van der Waals surface area contributed by atoms with E-state index in [1.807, 2.05) is 11.7 Å². The van der Waals surface area contributed by atoms with Gasteiger partial charge in [0.15, 0.2) is 10.4 Å². The van der Waals surface area contributed by atoms with E-state index >= 15 is 0 Å². The second-order valence-electron chi connectivity index (χ2n) is 6.52. The highest BCUT2D eigenvalue weighted by molar-refractivity contribution is 7.71. The van der Waals surface area contributed by atoms with Crippen LogP contribution in [0.15, 0.2) is 0 Å². The standard InChI is InChI=1S/C15H23N5S/c1-3-4-11-13-14(18(2)17-11)20(15(21)16-13)12-9-19-7-5-10(12)6-8-19/h10,12H,3-9H2,1-2H3,(H,16,21). The smallest absolute Gasteiger partial charge is 0.179 e. The first kappa shape index (κ1) is 13.5. The minimum atomic E-state index is 0.513. The van der Waals surface area contributed by atoms with Crippen molar-refractivity contribution in [2.75, 3.05) is 19.6 Å². The van der Waals surface area contributed by atoms with Crippen molar-refractivity contribution < 1.29 is 0 Å². The van der Waals surface area contributed by atoms with Gasteiger partial charge >= 0.3 is 0 Å². The summed E-state index contributed by atoms with van der Waals surface area (Å²) in [7, 11) is 2.04. The molecule has 114 valence electrons. The van der Waals surface area contributed by atoms with Gasteiger partial charge in [0.1, 0.15) is 5.52 Å². The first-order chi connectivity index (χ1) is 10.2. The summed E-state index contributed by atoms with van der Waals surface area (Å²) in [5, 5.41) is 4.70. The Kier molecular flexibility index (Phi) is 3.19. The second kappa shape index (κ2) is 4.95. The molecule has 21 heavy (non-hydrogen) atoms. The fourth-order valence-electron chi connectivity index (χ4n) is 4.18. The Morgan fingerprint density at radius 1 is 1.33 bits per heavy atom. The van der Waals surface area contributed by atoms with Crippen molar-refractivity contribution in [1.82, 2.24) is 24.2 Å². The van der Waals surface area contributed by atoms with Gasteiger partial charge in [-0.3, -0.25) is 9.25 Å². The van der Waals surface area contributed by atoms with E-state index in [0.29, 0.717) is 6.04 Å². The van der Waals surface area contributed by atoms with Gasteiger partial charge in [0, 0.05) is 13.6 Å². The monoisotopic (exact) mass is 305 g/mol. The van der Waals surface area contributed by atoms with Gasteiger partial charge in [-0.2, -0.15) is 5.10 Å². The van der Waals surface area contributed by atoms with E-state index < -0.39 is 0 Å². The highest BCUT2D eigenvalue weighted by Gasteiger charge is 2.36. The summed E-state index contributed by atoms with van der Waals surface area (Å²) >= 11 is 5.65. The Labute approximate surface area is 129 Å². The molecule has 3 aliphatic heterocycles. The predicted octanol–water partition coefficient (Wildman–Crippen LogP) is 2.65. The van der Waals surface area contributed by atoms with Crippen LogP contribution in [-0.2, 0) is 13.5 Å². The van der Waals surface area contributed by atoms with Crippen LogP contribution < -0.4 is 0 Å². The number of nitrogens with zero attached hydrogens (tertiary/aromatic N) is 4. The minimum Gasteiger partial charge on any atom is -0.328 e. The van der Waals surface area contributed by atoms with E-state index in [2.05, 4.69) is 21.4 Å². The van der Waals surface area contributed by atoms with Gasteiger partial charge in [-0.15, -0.1) is 0 Å². The van der Waals surface area contributed by atoms with Crippen molar-refractivity contribution in [3.63, 3.8) is 0 Å². The Balaban J connectivity index is 1.85. The molecule has 2 aromatic rings. The molecule has 1 unspecified atom stereocenters. The van der Waals surface area contributed by atoms with Crippen LogP contribution in [0.4, 0.5) is 0 Å². The Morgan fingerprint density at radius 2 is 2.10 bits per heavy atom. The molecule has 0 aliphatic carbocycles. The van der Waals surface area contributed by atoms with E-state index in [0.717, 1.165) is 41.3 Å². The first-order valence-corrected chi connectivity index (χ1v) is 8.48. The molecule has 0 spiro atoms. The number of hydrogen-bond acceptors (Lipinski definition) is 3. The van der Waals surface area contributed by atoms with E-state index in [-0.39, 0.29) is 0 Å². The van der Waals surface area contributed by atoms with E-state index in [1.54, 1.807) is 0 Å². The maximum Gasteiger partial charge on any atom is 0.179 e. The number of piperidine rings is 3. The maximum atomic E-state index is 5.65. The summed E-state index contributed by atoms with van der Waals surface area (Å²) in [6.45, 7) is 5.85. The molecule has 3 fully saturated rings. The van der Waals surface area contributed by atoms with Gasteiger partial charge in [0.2, 0.25) is 0 Å². The van der Waals surface area contributed by atoms with Gasteiger partial charge in [0.25, 0.3) is 0 Å². The van der Waals surface area contributed by atoms with Crippen LogP contribution in [0, 0.1) is 10.7 Å². The van der Waals surface area contributed by atoms with Gasteiger partial charge in [-0.1, -0.05) is 13.3 Å². The van der Waals surface area contributed by atoms with Crippen molar-refractivity contribution in [1.29, 1.82) is 0 Å². The van der Waals surface area contributed by atoms with E-state index in [9.17, 15) is 0 Å². The lowest BCUT2D eigenvalue weighted by atomic mass is 9.84. The van der Waals surface area contributed by atoms with Crippen LogP contribution in [0.5, 0.6) is 0 Å². The summed E-state index contributed by atoms with van der Waals surface area (Å²) in [4.78, 5) is 6.01. The average Bonchev–Trinajstić information content (AvgIpc) is 2.98. The summed E-state index contributed by atoms with van der Waals surface area (Å²) in [5.41, 5.74) is 3.49. The molecule has 2 aromatic heterocycles. The number of aromatic nitrogens is 4. The summed E-state index contributed by atoms with van der Waals surface area (Å²) in [6, 6.07) is 0.513. The quantitative estimate of drug-likeness (QED) is 0.887. The van der Waals surface area contributed by atoms with Crippen molar-refractivity contribution in [3.8, 4) is 0 Å². The molecule has 0 aromatic carbocycles. The van der Waals surface area contributed by atoms with Crippen molar-refractivity contribution in [2.24, 2.45) is 13.0 Å². The molecule has 1 atom stereocenters. The largest absolute Gasteiger partial charge is 0.328 e. The normalized spacial score (nSPS) is 28.6. The molecule has 5 rings (SSSR count). The molecule has 3 saturated heterocycles. The SMILES string of the molecule is CCCc1nn(C)c2c1[nH]c(=S)n2C1CN2CCC1CC2. The zero-order valence-electron chi connectivity index (χ0n) is 12.8. The average molecular weight is 305 g/mol. The number of fused-ring (bicyclic) bond motifs is 4. The lowest BCUT2D eigenvalue weighted by molar-refractivity contribution is 0.0577. The van der Waals surface area contributed by atoms with Crippen LogP contribution in [-0.4, -0.2) is 43.9 Å². The van der Waals surface area contributed by atoms with Gasteiger partial charge in [-0.05, 0) is 50.5 Å². The third-order valence-corrected chi connectivity index (χ3v) is 5.51. The molecular formula is C15H23N5S. The number of aromatic amines is 1. The molecule has 3 aliphatic rings. The maximum absolute atomic E-state index is 5.65. The topological polar surface area (TPSA) is 41.8 Å². The van der Waals surface area contributed by atoms with Gasteiger partial charge in [-0.25, -0.2) is 0 Å². The van der Waals surface area contributed by atoms with Crippen LogP contribution in [0.2, 0.25) is 0 Å². The lowest BCUT2D eigenvalue weighted by Crippen LogP contribution is -2.48. The number of hydrogen-bond donors (Lipinski definition) is 1.